The van der Waals surface area contributed by atoms with Crippen LogP contribution in [-0.4, -0.2) is 21.8 Å². The molecule has 2 amide bonds. The maximum absolute atomic E-state index is 12.9. The zero-order valence-corrected chi connectivity index (χ0v) is 15.0. The van der Waals surface area contributed by atoms with Gasteiger partial charge in [-0.15, -0.1) is 0 Å². The fourth-order valence-corrected chi connectivity index (χ4v) is 5.03. The number of benzene rings is 2. The SMILES string of the molecule is O=C1[C@@H]2[C@H](C(=O)N1c1ccc(-c3ncc4ccccc4n3)cc1)[C@H]1C=C[C@H]2C1. The minimum Gasteiger partial charge on any atom is -0.274 e. The van der Waals surface area contributed by atoms with Gasteiger partial charge in [-0.3, -0.25) is 14.5 Å². The molecule has 1 aromatic heterocycles. The summed E-state index contributed by atoms with van der Waals surface area (Å²) < 4.78 is 0. The van der Waals surface area contributed by atoms with Gasteiger partial charge in [-0.05, 0) is 48.6 Å². The molecular weight excluding hydrogens is 350 g/mol. The van der Waals surface area contributed by atoms with Crippen LogP contribution in [0.4, 0.5) is 5.69 Å². The zero-order chi connectivity index (χ0) is 18.8. The minimum absolute atomic E-state index is 0.0541. The average Bonchev–Trinajstić information content (AvgIpc) is 3.42. The van der Waals surface area contributed by atoms with Crippen molar-refractivity contribution in [1.82, 2.24) is 9.97 Å². The van der Waals surface area contributed by atoms with Crippen molar-refractivity contribution < 1.29 is 9.59 Å². The van der Waals surface area contributed by atoms with Gasteiger partial charge < -0.3 is 0 Å². The number of anilines is 1. The van der Waals surface area contributed by atoms with E-state index in [1.165, 1.54) is 4.90 Å². The molecule has 2 aliphatic carbocycles. The molecule has 1 saturated heterocycles. The highest BCUT2D eigenvalue weighted by Gasteiger charge is 2.59. The largest absolute Gasteiger partial charge is 0.274 e. The Balaban J connectivity index is 1.33. The molecule has 2 aromatic carbocycles. The lowest BCUT2D eigenvalue weighted by molar-refractivity contribution is -0.123. The van der Waals surface area contributed by atoms with E-state index in [0.29, 0.717) is 11.5 Å². The number of carbonyl (C=O) groups excluding carboxylic acids is 2. The maximum atomic E-state index is 12.9. The highest BCUT2D eigenvalue weighted by Crippen LogP contribution is 2.53. The van der Waals surface area contributed by atoms with Gasteiger partial charge >= 0.3 is 0 Å². The second-order valence-corrected chi connectivity index (χ2v) is 7.81. The lowest BCUT2D eigenvalue weighted by Crippen LogP contribution is -2.32. The van der Waals surface area contributed by atoms with Crippen LogP contribution in [0.25, 0.3) is 22.3 Å². The third-order valence-corrected chi connectivity index (χ3v) is 6.34. The van der Waals surface area contributed by atoms with E-state index in [1.807, 2.05) is 54.7 Å². The van der Waals surface area contributed by atoms with Gasteiger partial charge in [0, 0.05) is 17.1 Å². The Morgan fingerprint density at radius 2 is 1.54 bits per heavy atom. The molecule has 2 heterocycles. The summed E-state index contributed by atoms with van der Waals surface area (Å²) in [7, 11) is 0. The summed E-state index contributed by atoms with van der Waals surface area (Å²) in [6, 6.07) is 15.2. The van der Waals surface area contributed by atoms with Crippen molar-refractivity contribution in [2.45, 2.75) is 6.42 Å². The fraction of sp³-hybridized carbons (Fsp3) is 0.217. The number of para-hydroxylation sites is 1. The van der Waals surface area contributed by atoms with E-state index in [4.69, 9.17) is 0 Å². The van der Waals surface area contributed by atoms with Crippen LogP contribution in [0.1, 0.15) is 6.42 Å². The van der Waals surface area contributed by atoms with Gasteiger partial charge in [0.15, 0.2) is 5.82 Å². The van der Waals surface area contributed by atoms with Crippen LogP contribution in [0.2, 0.25) is 0 Å². The van der Waals surface area contributed by atoms with Gasteiger partial charge in [0.25, 0.3) is 0 Å². The summed E-state index contributed by atoms with van der Waals surface area (Å²) in [6.45, 7) is 0. The van der Waals surface area contributed by atoms with Crippen LogP contribution < -0.4 is 4.90 Å². The number of carbonyl (C=O) groups is 2. The van der Waals surface area contributed by atoms with Crippen LogP contribution in [0, 0.1) is 23.7 Å². The lowest BCUT2D eigenvalue weighted by Gasteiger charge is -2.17. The molecule has 5 heteroatoms. The predicted octanol–water partition coefficient (Wildman–Crippen LogP) is 3.61. The van der Waals surface area contributed by atoms with Gasteiger partial charge in [0.2, 0.25) is 11.8 Å². The van der Waals surface area contributed by atoms with E-state index < -0.39 is 0 Å². The smallest absolute Gasteiger partial charge is 0.238 e. The minimum atomic E-state index is -0.175. The van der Waals surface area contributed by atoms with Crippen LogP contribution in [0.5, 0.6) is 0 Å². The number of nitrogens with zero attached hydrogens (tertiary/aromatic N) is 3. The van der Waals surface area contributed by atoms with Crippen molar-refractivity contribution in [3.63, 3.8) is 0 Å². The Hall–Kier alpha value is -3.34. The van der Waals surface area contributed by atoms with Gasteiger partial charge in [-0.25, -0.2) is 9.97 Å². The van der Waals surface area contributed by atoms with E-state index in [-0.39, 0.29) is 35.5 Å². The molecule has 2 fully saturated rings. The van der Waals surface area contributed by atoms with E-state index in [1.54, 1.807) is 0 Å². The Morgan fingerprint density at radius 1 is 0.857 bits per heavy atom. The molecule has 2 bridgehead atoms. The topological polar surface area (TPSA) is 63.2 Å². The zero-order valence-electron chi connectivity index (χ0n) is 15.0. The van der Waals surface area contributed by atoms with E-state index >= 15 is 0 Å². The molecule has 4 atom stereocenters. The van der Waals surface area contributed by atoms with Gasteiger partial charge in [-0.1, -0.05) is 30.4 Å². The molecule has 1 aliphatic heterocycles. The number of hydrogen-bond acceptors (Lipinski definition) is 4. The first-order valence-corrected chi connectivity index (χ1v) is 9.59. The summed E-state index contributed by atoms with van der Waals surface area (Å²) in [5.74, 6) is 0.618. The van der Waals surface area contributed by atoms with Gasteiger partial charge in [0.1, 0.15) is 0 Å². The summed E-state index contributed by atoms with van der Waals surface area (Å²) in [6.07, 6.45) is 6.98. The number of rotatable bonds is 2. The molecule has 136 valence electrons. The molecule has 28 heavy (non-hydrogen) atoms. The second-order valence-electron chi connectivity index (χ2n) is 7.81. The standard InChI is InChI=1S/C23H17N3O2/c27-22-19-14-5-6-15(11-14)20(19)23(28)26(22)17-9-7-13(8-10-17)21-24-12-16-3-1-2-4-18(16)25-21/h1-10,12,14-15,19-20H,11H2/t14-,15-,19-,20+/m0/s1. The van der Waals surface area contributed by atoms with Crippen LogP contribution in [0.3, 0.4) is 0 Å². The number of amides is 2. The van der Waals surface area contributed by atoms with Crippen molar-refractivity contribution in [1.29, 1.82) is 0 Å². The van der Waals surface area contributed by atoms with Crippen LogP contribution in [0.15, 0.2) is 66.9 Å². The normalized spacial score (nSPS) is 27.8. The molecule has 0 radical (unpaired) electrons. The molecule has 6 rings (SSSR count). The fourth-order valence-electron chi connectivity index (χ4n) is 5.03. The van der Waals surface area contributed by atoms with E-state index in [2.05, 4.69) is 22.1 Å². The molecule has 0 N–H and O–H groups in total. The first-order chi connectivity index (χ1) is 13.7. The molecule has 3 aliphatic rings. The lowest BCUT2D eigenvalue weighted by atomic mass is 9.85. The second kappa shape index (κ2) is 5.58. The predicted molar refractivity (Wildman–Crippen MR) is 105 cm³/mol. The van der Waals surface area contributed by atoms with Crippen molar-refractivity contribution in [2.24, 2.45) is 23.7 Å². The Bertz CT molecular complexity index is 1140. The van der Waals surface area contributed by atoms with Crippen LogP contribution >= 0.6 is 0 Å². The van der Waals surface area contributed by atoms with Crippen molar-refractivity contribution >= 4 is 28.4 Å². The highest BCUT2D eigenvalue weighted by molar-refractivity contribution is 6.22. The molecule has 3 aromatic rings. The molecule has 5 nitrogen and oxygen atoms in total. The number of aromatic nitrogens is 2. The number of allylic oxidation sites excluding steroid dienone is 2. The summed E-state index contributed by atoms with van der Waals surface area (Å²) in [5, 5.41) is 0.992. The number of fused-ring (bicyclic) bond motifs is 6. The number of imide groups is 1. The molecule has 1 saturated carbocycles. The van der Waals surface area contributed by atoms with Crippen molar-refractivity contribution in [3.8, 4) is 11.4 Å². The summed E-state index contributed by atoms with van der Waals surface area (Å²) >= 11 is 0. The molecular formula is C23H17N3O2. The molecule has 0 unspecified atom stereocenters. The summed E-state index contributed by atoms with van der Waals surface area (Å²) in [5.41, 5.74) is 2.38. The van der Waals surface area contributed by atoms with Crippen molar-refractivity contribution in [3.05, 3.63) is 66.9 Å². The quantitative estimate of drug-likeness (QED) is 0.513. The third-order valence-electron chi connectivity index (χ3n) is 6.34. The van der Waals surface area contributed by atoms with Gasteiger partial charge in [-0.2, -0.15) is 0 Å². The monoisotopic (exact) mass is 367 g/mol. The summed E-state index contributed by atoms with van der Waals surface area (Å²) in [4.78, 5) is 36.3. The first kappa shape index (κ1) is 15.7. The number of hydrogen-bond donors (Lipinski definition) is 0. The van der Waals surface area contributed by atoms with Gasteiger partial charge in [0.05, 0.1) is 23.0 Å². The first-order valence-electron chi connectivity index (χ1n) is 9.59. The van der Waals surface area contributed by atoms with Crippen LogP contribution in [-0.2, 0) is 9.59 Å². The molecule has 0 spiro atoms. The average molecular weight is 367 g/mol. The maximum Gasteiger partial charge on any atom is 0.238 e. The third kappa shape index (κ3) is 2.07. The highest BCUT2D eigenvalue weighted by atomic mass is 16.2. The Kier molecular flexibility index (Phi) is 3.13. The van der Waals surface area contributed by atoms with E-state index in [9.17, 15) is 9.59 Å². The Morgan fingerprint density at radius 3 is 2.25 bits per heavy atom. The Labute approximate surface area is 161 Å². The van der Waals surface area contributed by atoms with Crippen molar-refractivity contribution in [2.75, 3.05) is 4.90 Å². The van der Waals surface area contributed by atoms with E-state index in [0.717, 1.165) is 22.9 Å².